The summed E-state index contributed by atoms with van der Waals surface area (Å²) in [5, 5.41) is 10.6. The molecule has 0 aromatic heterocycles. The van der Waals surface area contributed by atoms with Crippen molar-refractivity contribution in [1.82, 2.24) is 0 Å². The van der Waals surface area contributed by atoms with Crippen LogP contribution in [0, 0.1) is 11.3 Å². The van der Waals surface area contributed by atoms with Crippen LogP contribution in [0.25, 0.3) is 0 Å². The van der Waals surface area contributed by atoms with E-state index in [4.69, 9.17) is 9.47 Å². The number of rotatable bonds is 7. The second-order valence-corrected chi connectivity index (χ2v) is 5.81. The van der Waals surface area contributed by atoms with Crippen LogP contribution in [0.3, 0.4) is 0 Å². The van der Waals surface area contributed by atoms with E-state index in [0.717, 1.165) is 5.56 Å². The van der Waals surface area contributed by atoms with E-state index in [1.54, 1.807) is 27.9 Å². The summed E-state index contributed by atoms with van der Waals surface area (Å²) >= 11 is 0. The van der Waals surface area contributed by atoms with Gasteiger partial charge in [-0.3, -0.25) is 4.79 Å². The van der Waals surface area contributed by atoms with Crippen LogP contribution in [-0.4, -0.2) is 30.9 Å². The van der Waals surface area contributed by atoms with Crippen molar-refractivity contribution in [3.63, 3.8) is 0 Å². The SMILES string of the molecule is CCOC(=O)C(C)(C)[C@H](O)[C@H](C)[C@H](OC)c1ccccc1. The normalized spacial score (nSPS) is 16.1. The van der Waals surface area contributed by atoms with E-state index in [1.165, 1.54) is 0 Å². The lowest BCUT2D eigenvalue weighted by molar-refractivity contribution is -0.164. The van der Waals surface area contributed by atoms with Crippen LogP contribution in [0.2, 0.25) is 0 Å². The van der Waals surface area contributed by atoms with Crippen LogP contribution in [0.4, 0.5) is 0 Å². The summed E-state index contributed by atoms with van der Waals surface area (Å²) in [4.78, 5) is 12.0. The molecule has 4 nitrogen and oxygen atoms in total. The quantitative estimate of drug-likeness (QED) is 0.786. The van der Waals surface area contributed by atoms with Crippen molar-refractivity contribution in [1.29, 1.82) is 0 Å². The number of benzene rings is 1. The number of aliphatic hydroxyl groups excluding tert-OH is 1. The Kier molecular flexibility index (Phi) is 6.37. The Hall–Kier alpha value is -1.39. The van der Waals surface area contributed by atoms with Gasteiger partial charge in [-0.25, -0.2) is 0 Å². The Morgan fingerprint density at radius 3 is 2.33 bits per heavy atom. The van der Waals surface area contributed by atoms with E-state index in [9.17, 15) is 9.90 Å². The van der Waals surface area contributed by atoms with Gasteiger partial charge in [0.2, 0.25) is 0 Å². The van der Waals surface area contributed by atoms with Crippen molar-refractivity contribution in [2.75, 3.05) is 13.7 Å². The van der Waals surface area contributed by atoms with Crippen LogP contribution in [-0.2, 0) is 14.3 Å². The maximum Gasteiger partial charge on any atom is 0.314 e. The van der Waals surface area contributed by atoms with E-state index < -0.39 is 17.5 Å². The lowest BCUT2D eigenvalue weighted by atomic mass is 9.77. The first-order valence-electron chi connectivity index (χ1n) is 7.29. The van der Waals surface area contributed by atoms with E-state index in [2.05, 4.69) is 0 Å². The second-order valence-electron chi connectivity index (χ2n) is 5.81. The first kappa shape index (κ1) is 17.7. The number of carbonyl (C=O) groups excluding carboxylic acids is 1. The highest BCUT2D eigenvalue weighted by Gasteiger charge is 2.42. The number of carbonyl (C=O) groups is 1. The summed E-state index contributed by atoms with van der Waals surface area (Å²) in [5.74, 6) is -0.649. The van der Waals surface area contributed by atoms with Gasteiger partial charge in [-0.05, 0) is 26.3 Å². The molecule has 0 saturated carbocycles. The standard InChI is InChI=1S/C17H26O4/c1-6-21-16(19)17(3,4)15(18)12(2)14(20-5)13-10-8-7-9-11-13/h7-12,14-15,18H,6H2,1-5H3/t12-,14+,15-/m1/s1. The van der Waals surface area contributed by atoms with Crippen molar-refractivity contribution in [3.8, 4) is 0 Å². The lowest BCUT2D eigenvalue weighted by Crippen LogP contribution is -2.44. The Bertz CT molecular complexity index is 441. The Labute approximate surface area is 127 Å². The van der Waals surface area contributed by atoms with Gasteiger partial charge >= 0.3 is 5.97 Å². The first-order valence-corrected chi connectivity index (χ1v) is 7.29. The molecule has 0 saturated heterocycles. The molecule has 0 amide bonds. The third-order valence-corrected chi connectivity index (χ3v) is 3.90. The van der Waals surface area contributed by atoms with Gasteiger partial charge in [-0.2, -0.15) is 0 Å². The average Bonchev–Trinajstić information content (AvgIpc) is 2.48. The second kappa shape index (κ2) is 7.57. The summed E-state index contributed by atoms with van der Waals surface area (Å²) in [5.41, 5.74) is -0.00716. The molecule has 0 unspecified atom stereocenters. The van der Waals surface area contributed by atoms with Gasteiger partial charge in [0.25, 0.3) is 0 Å². The molecule has 118 valence electrons. The molecule has 0 fully saturated rings. The molecular formula is C17H26O4. The van der Waals surface area contributed by atoms with Gasteiger partial charge in [-0.1, -0.05) is 37.3 Å². The van der Waals surface area contributed by atoms with Crippen LogP contribution >= 0.6 is 0 Å². The maximum atomic E-state index is 12.0. The van der Waals surface area contributed by atoms with Crippen molar-refractivity contribution in [2.45, 2.75) is 39.9 Å². The molecule has 1 aromatic carbocycles. The van der Waals surface area contributed by atoms with E-state index in [0.29, 0.717) is 6.61 Å². The van der Waals surface area contributed by atoms with Gasteiger partial charge < -0.3 is 14.6 Å². The molecule has 4 heteroatoms. The zero-order valence-electron chi connectivity index (χ0n) is 13.5. The molecular weight excluding hydrogens is 268 g/mol. The number of hydrogen-bond donors (Lipinski definition) is 1. The molecule has 0 spiro atoms. The average molecular weight is 294 g/mol. The van der Waals surface area contributed by atoms with Crippen LogP contribution in [0.15, 0.2) is 30.3 Å². The number of aliphatic hydroxyl groups is 1. The van der Waals surface area contributed by atoms with Crippen molar-refractivity contribution >= 4 is 5.97 Å². The molecule has 1 N–H and O–H groups in total. The zero-order chi connectivity index (χ0) is 16.0. The minimum absolute atomic E-state index is 0.253. The highest BCUT2D eigenvalue weighted by atomic mass is 16.5. The summed E-state index contributed by atoms with van der Waals surface area (Å²) < 4.78 is 10.6. The molecule has 0 aliphatic carbocycles. The number of hydrogen-bond acceptors (Lipinski definition) is 4. The summed E-state index contributed by atoms with van der Waals surface area (Å²) in [6.07, 6.45) is -1.16. The molecule has 0 bridgehead atoms. The highest BCUT2D eigenvalue weighted by Crippen LogP contribution is 2.36. The van der Waals surface area contributed by atoms with Gasteiger partial charge in [0.1, 0.15) is 0 Å². The minimum Gasteiger partial charge on any atom is -0.466 e. The number of ether oxygens (including phenoxy) is 2. The number of esters is 1. The van der Waals surface area contributed by atoms with Crippen LogP contribution in [0.1, 0.15) is 39.4 Å². The largest absolute Gasteiger partial charge is 0.466 e. The van der Waals surface area contributed by atoms with Crippen molar-refractivity contribution < 1.29 is 19.4 Å². The Morgan fingerprint density at radius 2 is 1.86 bits per heavy atom. The zero-order valence-corrected chi connectivity index (χ0v) is 13.5. The third kappa shape index (κ3) is 4.05. The molecule has 3 atom stereocenters. The summed E-state index contributed by atoms with van der Waals surface area (Å²) in [7, 11) is 1.61. The molecule has 0 aliphatic heterocycles. The summed E-state index contributed by atoms with van der Waals surface area (Å²) in [6.45, 7) is 7.34. The fourth-order valence-electron chi connectivity index (χ4n) is 2.56. The number of methoxy groups -OCH3 is 1. The van der Waals surface area contributed by atoms with Gasteiger partial charge in [-0.15, -0.1) is 0 Å². The Morgan fingerprint density at radius 1 is 1.29 bits per heavy atom. The molecule has 21 heavy (non-hydrogen) atoms. The van der Waals surface area contributed by atoms with Gasteiger partial charge in [0.05, 0.1) is 24.2 Å². The topological polar surface area (TPSA) is 55.8 Å². The van der Waals surface area contributed by atoms with Crippen molar-refractivity contribution in [3.05, 3.63) is 35.9 Å². The Balaban J connectivity index is 2.94. The first-order chi connectivity index (χ1) is 9.86. The lowest BCUT2D eigenvalue weighted by Gasteiger charge is -2.35. The minimum atomic E-state index is -0.985. The van der Waals surface area contributed by atoms with Crippen LogP contribution < -0.4 is 0 Å². The fourth-order valence-corrected chi connectivity index (χ4v) is 2.56. The predicted molar refractivity (Wildman–Crippen MR) is 81.8 cm³/mol. The van der Waals surface area contributed by atoms with E-state index >= 15 is 0 Å². The molecule has 1 aromatic rings. The monoisotopic (exact) mass is 294 g/mol. The molecule has 0 aliphatic rings. The highest BCUT2D eigenvalue weighted by molar-refractivity contribution is 5.76. The van der Waals surface area contributed by atoms with Gasteiger partial charge in [0.15, 0.2) is 0 Å². The molecule has 0 heterocycles. The fraction of sp³-hybridized carbons (Fsp3) is 0.588. The van der Waals surface area contributed by atoms with E-state index in [-0.39, 0.29) is 12.0 Å². The molecule has 0 radical (unpaired) electrons. The third-order valence-electron chi connectivity index (χ3n) is 3.90. The maximum absolute atomic E-state index is 12.0. The smallest absolute Gasteiger partial charge is 0.314 e. The van der Waals surface area contributed by atoms with Gasteiger partial charge in [0, 0.05) is 13.0 Å². The summed E-state index contributed by atoms with van der Waals surface area (Å²) in [6, 6.07) is 9.69. The van der Waals surface area contributed by atoms with Crippen molar-refractivity contribution in [2.24, 2.45) is 11.3 Å². The van der Waals surface area contributed by atoms with E-state index in [1.807, 2.05) is 37.3 Å². The predicted octanol–water partition coefficient (Wildman–Crippen LogP) is 2.96. The molecule has 1 rings (SSSR count). The van der Waals surface area contributed by atoms with Crippen LogP contribution in [0.5, 0.6) is 0 Å².